The lowest BCUT2D eigenvalue weighted by Gasteiger charge is -2.03. The molecule has 5 heteroatoms. The molecule has 0 radical (unpaired) electrons. The third-order valence-electron chi connectivity index (χ3n) is 2.32. The van der Waals surface area contributed by atoms with Crippen molar-refractivity contribution in [3.63, 3.8) is 0 Å². The van der Waals surface area contributed by atoms with Crippen molar-refractivity contribution in [2.45, 2.75) is 6.92 Å². The zero-order valence-electron chi connectivity index (χ0n) is 8.76. The Hall–Kier alpha value is -1.68. The Balaban J connectivity index is 2.48. The van der Waals surface area contributed by atoms with Gasteiger partial charge in [0.05, 0.1) is 5.56 Å². The van der Waals surface area contributed by atoms with Gasteiger partial charge in [-0.05, 0) is 42.3 Å². The molecule has 0 N–H and O–H groups in total. The van der Waals surface area contributed by atoms with Crippen molar-refractivity contribution >= 4 is 17.4 Å². The molecule has 0 aliphatic heterocycles. The molecule has 0 aliphatic rings. The lowest BCUT2D eigenvalue weighted by Crippen LogP contribution is -2.05. The minimum absolute atomic E-state index is 0.0151. The second kappa shape index (κ2) is 4.30. The van der Waals surface area contributed by atoms with E-state index in [1.54, 1.807) is 0 Å². The highest BCUT2D eigenvalue weighted by molar-refractivity contribution is 6.29. The van der Waals surface area contributed by atoms with Crippen molar-refractivity contribution in [2.75, 3.05) is 0 Å². The third-order valence-corrected chi connectivity index (χ3v) is 2.52. The molecule has 0 unspecified atom stereocenters. The highest BCUT2D eigenvalue weighted by Gasteiger charge is 2.20. The average Bonchev–Trinajstić information content (AvgIpc) is 2.72. The maximum atomic E-state index is 13.5. The van der Waals surface area contributed by atoms with E-state index in [1.165, 1.54) is 31.2 Å². The van der Waals surface area contributed by atoms with E-state index < -0.39 is 17.4 Å². The van der Waals surface area contributed by atoms with Gasteiger partial charge in [-0.25, -0.2) is 8.78 Å². The normalized spacial score (nSPS) is 10.6. The Bertz CT molecular complexity index is 590. The molecule has 0 saturated carbocycles. The number of aryl methyl sites for hydroxylation is 1. The van der Waals surface area contributed by atoms with Crippen LogP contribution in [0.3, 0.4) is 0 Å². The van der Waals surface area contributed by atoms with Crippen molar-refractivity contribution in [1.82, 2.24) is 0 Å². The molecule has 0 saturated heterocycles. The van der Waals surface area contributed by atoms with Crippen LogP contribution in [0.1, 0.15) is 21.7 Å². The highest BCUT2D eigenvalue weighted by Crippen LogP contribution is 2.21. The van der Waals surface area contributed by atoms with Crippen LogP contribution in [0.4, 0.5) is 8.78 Å². The Morgan fingerprint density at radius 1 is 1.18 bits per heavy atom. The second-order valence-electron chi connectivity index (χ2n) is 3.49. The summed E-state index contributed by atoms with van der Waals surface area (Å²) in [6.07, 6.45) is 0. The maximum absolute atomic E-state index is 13.5. The lowest BCUT2D eigenvalue weighted by molar-refractivity contribution is 0.100. The van der Waals surface area contributed by atoms with Crippen LogP contribution in [0.5, 0.6) is 0 Å². The van der Waals surface area contributed by atoms with Crippen molar-refractivity contribution in [2.24, 2.45) is 0 Å². The van der Waals surface area contributed by atoms with E-state index in [2.05, 4.69) is 0 Å². The fourth-order valence-corrected chi connectivity index (χ4v) is 1.54. The summed E-state index contributed by atoms with van der Waals surface area (Å²) in [5.41, 5.74) is -0.240. The number of halogens is 3. The van der Waals surface area contributed by atoms with Crippen LogP contribution in [0, 0.1) is 18.6 Å². The molecule has 88 valence electrons. The molecule has 0 atom stereocenters. The molecular weight excluding hydrogens is 250 g/mol. The van der Waals surface area contributed by atoms with Gasteiger partial charge in [-0.1, -0.05) is 6.07 Å². The summed E-state index contributed by atoms with van der Waals surface area (Å²) in [6, 6.07) is 5.21. The first-order chi connectivity index (χ1) is 8.00. The van der Waals surface area contributed by atoms with Gasteiger partial charge in [-0.15, -0.1) is 0 Å². The fraction of sp³-hybridized carbons (Fsp3) is 0.0833. The summed E-state index contributed by atoms with van der Waals surface area (Å²) >= 11 is 5.50. The monoisotopic (exact) mass is 256 g/mol. The van der Waals surface area contributed by atoms with E-state index in [1.807, 2.05) is 0 Å². The van der Waals surface area contributed by atoms with Crippen molar-refractivity contribution in [3.8, 4) is 0 Å². The van der Waals surface area contributed by atoms with E-state index in [-0.39, 0.29) is 22.1 Å². The molecule has 1 aromatic carbocycles. The smallest absolute Gasteiger partial charge is 0.231 e. The maximum Gasteiger partial charge on any atom is 0.231 e. The van der Waals surface area contributed by atoms with Gasteiger partial charge in [0.15, 0.2) is 22.6 Å². The van der Waals surface area contributed by atoms with E-state index in [0.717, 1.165) is 0 Å². The standard InChI is InChI=1S/C12H7ClF2O2/c1-6-2-3-7(11(15)10(6)14)12(16)8-4-5-9(13)17-8/h2-5H,1H3. The minimum atomic E-state index is -1.18. The van der Waals surface area contributed by atoms with Crippen molar-refractivity contribution < 1.29 is 18.0 Å². The molecule has 0 bridgehead atoms. The quantitative estimate of drug-likeness (QED) is 0.766. The van der Waals surface area contributed by atoms with Gasteiger partial charge < -0.3 is 4.42 Å². The summed E-state index contributed by atoms with van der Waals surface area (Å²) in [6.45, 7) is 1.41. The van der Waals surface area contributed by atoms with E-state index in [9.17, 15) is 13.6 Å². The summed E-state index contributed by atoms with van der Waals surface area (Å²) in [5, 5.41) is 0.0151. The van der Waals surface area contributed by atoms with Crippen LogP contribution in [0.2, 0.25) is 5.22 Å². The van der Waals surface area contributed by atoms with Gasteiger partial charge in [-0.2, -0.15) is 0 Å². The van der Waals surface area contributed by atoms with Crippen LogP contribution in [-0.4, -0.2) is 5.78 Å². The van der Waals surface area contributed by atoms with E-state index >= 15 is 0 Å². The first-order valence-electron chi connectivity index (χ1n) is 4.75. The molecule has 2 rings (SSSR count). The largest absolute Gasteiger partial charge is 0.441 e. The van der Waals surface area contributed by atoms with E-state index in [4.69, 9.17) is 16.0 Å². The fourth-order valence-electron chi connectivity index (χ4n) is 1.39. The summed E-state index contributed by atoms with van der Waals surface area (Å²) in [7, 11) is 0. The van der Waals surface area contributed by atoms with Gasteiger partial charge in [-0.3, -0.25) is 4.79 Å². The summed E-state index contributed by atoms with van der Waals surface area (Å²) in [5.74, 6) is -3.08. The number of rotatable bonds is 2. The Labute approximate surface area is 101 Å². The van der Waals surface area contributed by atoms with Gasteiger partial charge in [0.1, 0.15) is 0 Å². The van der Waals surface area contributed by atoms with Gasteiger partial charge in [0.2, 0.25) is 5.78 Å². The van der Waals surface area contributed by atoms with Crippen LogP contribution >= 0.6 is 11.6 Å². The first kappa shape index (κ1) is 11.8. The minimum Gasteiger partial charge on any atom is -0.441 e. The summed E-state index contributed by atoms with van der Waals surface area (Å²) < 4.78 is 31.7. The second-order valence-corrected chi connectivity index (χ2v) is 3.86. The molecule has 17 heavy (non-hydrogen) atoms. The first-order valence-corrected chi connectivity index (χ1v) is 5.13. The number of benzene rings is 1. The van der Waals surface area contributed by atoms with Crippen molar-refractivity contribution in [1.29, 1.82) is 0 Å². The Kier molecular flexibility index (Phi) is 2.98. The molecule has 2 nitrogen and oxygen atoms in total. The number of furan rings is 1. The highest BCUT2D eigenvalue weighted by atomic mass is 35.5. The third kappa shape index (κ3) is 2.08. The number of ketones is 1. The zero-order valence-corrected chi connectivity index (χ0v) is 9.52. The summed E-state index contributed by atoms with van der Waals surface area (Å²) in [4.78, 5) is 11.8. The number of hydrogen-bond donors (Lipinski definition) is 0. The predicted molar refractivity (Wildman–Crippen MR) is 58.2 cm³/mol. The lowest BCUT2D eigenvalue weighted by atomic mass is 10.1. The zero-order chi connectivity index (χ0) is 12.6. The van der Waals surface area contributed by atoms with Gasteiger partial charge >= 0.3 is 0 Å². The topological polar surface area (TPSA) is 30.2 Å². The number of carbonyl (C=O) groups is 1. The molecule has 0 aliphatic carbocycles. The number of hydrogen-bond acceptors (Lipinski definition) is 2. The molecule has 0 spiro atoms. The molecular formula is C12H7ClF2O2. The van der Waals surface area contributed by atoms with Gasteiger partial charge in [0.25, 0.3) is 0 Å². The molecule has 2 aromatic rings. The van der Waals surface area contributed by atoms with Crippen molar-refractivity contribution in [3.05, 3.63) is 58.0 Å². The van der Waals surface area contributed by atoms with Crippen LogP contribution in [-0.2, 0) is 0 Å². The Morgan fingerprint density at radius 2 is 1.88 bits per heavy atom. The average molecular weight is 257 g/mol. The molecule has 0 amide bonds. The van der Waals surface area contributed by atoms with Gasteiger partial charge in [0, 0.05) is 0 Å². The Morgan fingerprint density at radius 3 is 2.47 bits per heavy atom. The van der Waals surface area contributed by atoms with Crippen LogP contribution in [0.15, 0.2) is 28.7 Å². The molecule has 0 fully saturated rings. The molecule has 1 heterocycles. The number of carbonyl (C=O) groups excluding carboxylic acids is 1. The SMILES string of the molecule is Cc1ccc(C(=O)c2ccc(Cl)o2)c(F)c1F. The van der Waals surface area contributed by atoms with Crippen LogP contribution in [0.25, 0.3) is 0 Å². The van der Waals surface area contributed by atoms with E-state index in [0.29, 0.717) is 0 Å². The van der Waals surface area contributed by atoms with Crippen LogP contribution < -0.4 is 0 Å². The molecule has 1 aromatic heterocycles. The predicted octanol–water partition coefficient (Wildman–Crippen LogP) is 3.75.